The number of benzene rings is 1. The van der Waals surface area contributed by atoms with E-state index in [2.05, 4.69) is 11.4 Å². The van der Waals surface area contributed by atoms with E-state index in [4.69, 9.17) is 0 Å². The van der Waals surface area contributed by atoms with Crippen LogP contribution in [0.2, 0.25) is 0 Å². The molecule has 14 heavy (non-hydrogen) atoms. The van der Waals surface area contributed by atoms with Gasteiger partial charge in [0, 0.05) is 12.1 Å². The third-order valence-corrected chi connectivity index (χ3v) is 1.98. The maximum absolute atomic E-state index is 11.3. The Balaban J connectivity index is 2.71. The molecule has 0 radical (unpaired) electrons. The normalized spacial score (nSPS) is 9.93. The molecular weight excluding hydrogens is 174 g/mol. The fourth-order valence-corrected chi connectivity index (χ4v) is 1.50. The first-order chi connectivity index (χ1) is 6.61. The van der Waals surface area contributed by atoms with Crippen molar-refractivity contribution in [2.24, 2.45) is 0 Å². The number of anilines is 1. The van der Waals surface area contributed by atoms with Crippen molar-refractivity contribution >= 4 is 11.6 Å². The van der Waals surface area contributed by atoms with Crippen molar-refractivity contribution in [3.8, 4) is 0 Å². The summed E-state index contributed by atoms with van der Waals surface area (Å²) in [7, 11) is 0. The van der Waals surface area contributed by atoms with E-state index in [-0.39, 0.29) is 5.91 Å². The first kappa shape index (κ1) is 10.8. The molecule has 1 aromatic rings. The van der Waals surface area contributed by atoms with E-state index in [1.165, 1.54) is 11.1 Å². The lowest BCUT2D eigenvalue weighted by Crippen LogP contribution is -2.10. The molecule has 0 saturated heterocycles. The molecule has 0 unspecified atom stereocenters. The summed E-state index contributed by atoms with van der Waals surface area (Å²) in [6, 6.07) is 6.07. The van der Waals surface area contributed by atoms with Gasteiger partial charge in [-0.3, -0.25) is 4.79 Å². The Bertz CT molecular complexity index is 311. The Morgan fingerprint density at radius 1 is 1.21 bits per heavy atom. The molecule has 0 bridgehead atoms. The molecule has 1 amide bonds. The van der Waals surface area contributed by atoms with Gasteiger partial charge < -0.3 is 5.32 Å². The van der Waals surface area contributed by atoms with Crippen molar-refractivity contribution in [1.29, 1.82) is 0 Å². The summed E-state index contributed by atoms with van der Waals surface area (Å²) in [6.07, 6.45) is 1.48. The third kappa shape index (κ3) is 3.21. The minimum absolute atomic E-state index is 0.0949. The van der Waals surface area contributed by atoms with E-state index in [0.29, 0.717) is 6.42 Å². The van der Waals surface area contributed by atoms with Gasteiger partial charge in [-0.05, 0) is 43.5 Å². The average Bonchev–Trinajstić information content (AvgIpc) is 2.01. The zero-order chi connectivity index (χ0) is 10.6. The summed E-state index contributed by atoms with van der Waals surface area (Å²) >= 11 is 0. The van der Waals surface area contributed by atoms with Crippen LogP contribution in [0.3, 0.4) is 0 Å². The number of rotatable bonds is 3. The summed E-state index contributed by atoms with van der Waals surface area (Å²) in [4.78, 5) is 11.3. The van der Waals surface area contributed by atoms with Crippen LogP contribution >= 0.6 is 0 Å². The van der Waals surface area contributed by atoms with Crippen LogP contribution in [0.1, 0.15) is 30.9 Å². The minimum Gasteiger partial charge on any atom is -0.326 e. The first-order valence-corrected chi connectivity index (χ1v) is 5.00. The van der Waals surface area contributed by atoms with Crippen LogP contribution in [0.5, 0.6) is 0 Å². The highest BCUT2D eigenvalue weighted by molar-refractivity contribution is 5.90. The van der Waals surface area contributed by atoms with Crippen molar-refractivity contribution in [3.05, 3.63) is 29.3 Å². The van der Waals surface area contributed by atoms with Crippen LogP contribution < -0.4 is 5.32 Å². The van der Waals surface area contributed by atoms with Gasteiger partial charge in [0.1, 0.15) is 0 Å². The fraction of sp³-hybridized carbons (Fsp3) is 0.417. The molecule has 2 nitrogen and oxygen atoms in total. The van der Waals surface area contributed by atoms with Gasteiger partial charge in [0.05, 0.1) is 0 Å². The van der Waals surface area contributed by atoms with Crippen molar-refractivity contribution in [2.45, 2.75) is 33.6 Å². The van der Waals surface area contributed by atoms with Crippen molar-refractivity contribution in [3.63, 3.8) is 0 Å². The van der Waals surface area contributed by atoms with Gasteiger partial charge in [-0.1, -0.05) is 13.0 Å². The second-order valence-corrected chi connectivity index (χ2v) is 3.67. The summed E-state index contributed by atoms with van der Waals surface area (Å²) in [5, 5.41) is 2.89. The lowest BCUT2D eigenvalue weighted by Gasteiger charge is -2.06. The number of carbonyl (C=O) groups is 1. The van der Waals surface area contributed by atoms with Crippen LogP contribution in [-0.4, -0.2) is 5.91 Å². The van der Waals surface area contributed by atoms with E-state index < -0.39 is 0 Å². The average molecular weight is 191 g/mol. The molecule has 0 aliphatic heterocycles. The molecule has 0 aliphatic rings. The van der Waals surface area contributed by atoms with Gasteiger partial charge in [-0.25, -0.2) is 0 Å². The molecule has 76 valence electrons. The molecule has 2 heteroatoms. The van der Waals surface area contributed by atoms with Gasteiger partial charge in [-0.2, -0.15) is 0 Å². The lowest BCUT2D eigenvalue weighted by atomic mass is 10.1. The number of hydrogen-bond donors (Lipinski definition) is 1. The summed E-state index contributed by atoms with van der Waals surface area (Å²) in [5.41, 5.74) is 3.26. The molecular formula is C12H17NO. The Hall–Kier alpha value is -1.31. The van der Waals surface area contributed by atoms with Crippen LogP contribution in [-0.2, 0) is 4.79 Å². The smallest absolute Gasteiger partial charge is 0.224 e. The second-order valence-electron chi connectivity index (χ2n) is 3.67. The fourth-order valence-electron chi connectivity index (χ4n) is 1.50. The number of amides is 1. The molecule has 0 aliphatic carbocycles. The van der Waals surface area contributed by atoms with Gasteiger partial charge >= 0.3 is 0 Å². The second kappa shape index (κ2) is 4.80. The van der Waals surface area contributed by atoms with Crippen molar-refractivity contribution in [1.82, 2.24) is 0 Å². The summed E-state index contributed by atoms with van der Waals surface area (Å²) in [6.45, 7) is 6.06. The van der Waals surface area contributed by atoms with Crippen LogP contribution in [0, 0.1) is 13.8 Å². The quantitative estimate of drug-likeness (QED) is 0.781. The van der Waals surface area contributed by atoms with E-state index in [1.807, 2.05) is 32.9 Å². The molecule has 1 aromatic carbocycles. The lowest BCUT2D eigenvalue weighted by molar-refractivity contribution is -0.116. The van der Waals surface area contributed by atoms with E-state index in [0.717, 1.165) is 12.1 Å². The molecule has 0 atom stereocenters. The number of carbonyl (C=O) groups excluding carboxylic acids is 1. The zero-order valence-corrected chi connectivity index (χ0v) is 9.05. The van der Waals surface area contributed by atoms with E-state index >= 15 is 0 Å². The molecule has 0 saturated carbocycles. The van der Waals surface area contributed by atoms with Gasteiger partial charge in [0.2, 0.25) is 5.91 Å². The maximum atomic E-state index is 11.3. The summed E-state index contributed by atoms with van der Waals surface area (Å²) < 4.78 is 0. The van der Waals surface area contributed by atoms with Gasteiger partial charge in [0.15, 0.2) is 0 Å². The SMILES string of the molecule is CCCC(=O)Nc1cc(C)cc(C)c1. The third-order valence-electron chi connectivity index (χ3n) is 1.98. The van der Waals surface area contributed by atoms with Gasteiger partial charge in [-0.15, -0.1) is 0 Å². The number of nitrogens with one attached hydrogen (secondary N) is 1. The predicted molar refractivity (Wildman–Crippen MR) is 59.5 cm³/mol. The Kier molecular flexibility index (Phi) is 3.69. The Labute approximate surface area is 85.3 Å². The van der Waals surface area contributed by atoms with Crippen molar-refractivity contribution in [2.75, 3.05) is 5.32 Å². The molecule has 1 rings (SSSR count). The number of aryl methyl sites for hydroxylation is 2. The Morgan fingerprint density at radius 3 is 2.29 bits per heavy atom. The maximum Gasteiger partial charge on any atom is 0.224 e. The highest BCUT2D eigenvalue weighted by atomic mass is 16.1. The van der Waals surface area contributed by atoms with Crippen LogP contribution in [0.15, 0.2) is 18.2 Å². The zero-order valence-electron chi connectivity index (χ0n) is 9.05. The largest absolute Gasteiger partial charge is 0.326 e. The highest BCUT2D eigenvalue weighted by Gasteiger charge is 2.01. The highest BCUT2D eigenvalue weighted by Crippen LogP contribution is 2.13. The summed E-state index contributed by atoms with van der Waals surface area (Å²) in [5.74, 6) is 0.0949. The number of hydrogen-bond acceptors (Lipinski definition) is 1. The van der Waals surface area contributed by atoms with Crippen LogP contribution in [0.25, 0.3) is 0 Å². The molecule has 0 spiro atoms. The van der Waals surface area contributed by atoms with E-state index in [1.54, 1.807) is 0 Å². The van der Waals surface area contributed by atoms with Crippen LogP contribution in [0.4, 0.5) is 5.69 Å². The predicted octanol–water partition coefficient (Wildman–Crippen LogP) is 3.04. The molecule has 0 aromatic heterocycles. The molecule has 0 fully saturated rings. The molecule has 0 heterocycles. The van der Waals surface area contributed by atoms with Crippen molar-refractivity contribution < 1.29 is 4.79 Å². The minimum atomic E-state index is 0.0949. The molecule has 1 N–H and O–H groups in total. The van der Waals surface area contributed by atoms with E-state index in [9.17, 15) is 4.79 Å². The topological polar surface area (TPSA) is 29.1 Å². The standard InChI is InChI=1S/C12H17NO/c1-4-5-12(14)13-11-7-9(2)6-10(3)8-11/h6-8H,4-5H2,1-3H3,(H,13,14). The van der Waals surface area contributed by atoms with Gasteiger partial charge in [0.25, 0.3) is 0 Å². The first-order valence-electron chi connectivity index (χ1n) is 5.00. The Morgan fingerprint density at radius 2 is 1.79 bits per heavy atom. The monoisotopic (exact) mass is 191 g/mol.